The molecule has 0 amide bonds. The van der Waals surface area contributed by atoms with Gasteiger partial charge in [-0.15, -0.1) is 0 Å². The summed E-state index contributed by atoms with van der Waals surface area (Å²) in [7, 11) is 1.71. The highest BCUT2D eigenvalue weighted by Gasteiger charge is 2.14. The predicted molar refractivity (Wildman–Crippen MR) is 69.6 cm³/mol. The third-order valence-corrected chi connectivity index (χ3v) is 2.69. The van der Waals surface area contributed by atoms with Crippen molar-refractivity contribution >= 4 is 12.1 Å². The molecule has 94 valence electrons. The van der Waals surface area contributed by atoms with Gasteiger partial charge in [0.15, 0.2) is 6.29 Å². The van der Waals surface area contributed by atoms with Crippen molar-refractivity contribution in [2.75, 3.05) is 12.3 Å². The van der Waals surface area contributed by atoms with Crippen LogP contribution in [0.2, 0.25) is 0 Å². The highest BCUT2D eigenvalue weighted by Crippen LogP contribution is 2.26. The Labute approximate surface area is 105 Å². The van der Waals surface area contributed by atoms with Gasteiger partial charge in [0.05, 0.1) is 12.2 Å². The fourth-order valence-electron chi connectivity index (χ4n) is 1.76. The third kappa shape index (κ3) is 2.07. The van der Waals surface area contributed by atoms with Gasteiger partial charge in [0, 0.05) is 12.6 Å². The fourth-order valence-corrected chi connectivity index (χ4v) is 1.76. The van der Waals surface area contributed by atoms with Gasteiger partial charge in [-0.1, -0.05) is 0 Å². The molecule has 0 unspecified atom stereocenters. The van der Waals surface area contributed by atoms with Gasteiger partial charge in [-0.3, -0.25) is 9.48 Å². The average Bonchev–Trinajstić information content (AvgIpc) is 2.67. The molecular formula is C13H15N3O2. The molecule has 18 heavy (non-hydrogen) atoms. The smallest absolute Gasteiger partial charge is 0.156 e. The quantitative estimate of drug-likeness (QED) is 0.835. The highest BCUT2D eigenvalue weighted by atomic mass is 16.5. The second-order valence-corrected chi connectivity index (χ2v) is 3.85. The van der Waals surface area contributed by atoms with Crippen molar-refractivity contribution in [3.8, 4) is 17.0 Å². The fraction of sp³-hybridized carbons (Fsp3) is 0.231. The Morgan fingerprint density at radius 2 is 2.06 bits per heavy atom. The third-order valence-electron chi connectivity index (χ3n) is 2.69. The monoisotopic (exact) mass is 245 g/mol. The Morgan fingerprint density at radius 3 is 2.61 bits per heavy atom. The van der Waals surface area contributed by atoms with Crippen LogP contribution in [0.25, 0.3) is 11.3 Å². The zero-order valence-electron chi connectivity index (χ0n) is 10.4. The second-order valence-electron chi connectivity index (χ2n) is 3.85. The van der Waals surface area contributed by atoms with E-state index in [0.717, 1.165) is 17.6 Å². The van der Waals surface area contributed by atoms with Gasteiger partial charge in [-0.25, -0.2) is 0 Å². The zero-order chi connectivity index (χ0) is 13.1. The van der Waals surface area contributed by atoms with Crippen LogP contribution in [0, 0.1) is 0 Å². The number of nitrogens with zero attached hydrogens (tertiary/aromatic N) is 2. The van der Waals surface area contributed by atoms with E-state index >= 15 is 0 Å². The van der Waals surface area contributed by atoms with Crippen molar-refractivity contribution in [3.05, 3.63) is 29.8 Å². The van der Waals surface area contributed by atoms with E-state index in [0.29, 0.717) is 23.7 Å². The molecule has 2 rings (SSSR count). The topological polar surface area (TPSA) is 70.1 Å². The van der Waals surface area contributed by atoms with Gasteiger partial charge < -0.3 is 10.5 Å². The van der Waals surface area contributed by atoms with Crippen LogP contribution in [0.15, 0.2) is 24.3 Å². The lowest BCUT2D eigenvalue weighted by atomic mass is 10.1. The van der Waals surface area contributed by atoms with Crippen LogP contribution >= 0.6 is 0 Å². The van der Waals surface area contributed by atoms with E-state index < -0.39 is 0 Å². The standard InChI is InChI=1S/C13H15N3O2/c1-3-18-10-6-4-9(5-7-10)12-11(8-17)13(14)16(2)15-12/h4-8H,3,14H2,1-2H3. The molecule has 1 heterocycles. The van der Waals surface area contributed by atoms with Gasteiger partial charge in [0.1, 0.15) is 17.3 Å². The molecule has 0 spiro atoms. The van der Waals surface area contributed by atoms with Crippen LogP contribution < -0.4 is 10.5 Å². The summed E-state index contributed by atoms with van der Waals surface area (Å²) in [6.07, 6.45) is 0.730. The van der Waals surface area contributed by atoms with Gasteiger partial charge in [0.2, 0.25) is 0 Å². The van der Waals surface area contributed by atoms with E-state index in [9.17, 15) is 4.79 Å². The molecule has 1 aromatic heterocycles. The van der Waals surface area contributed by atoms with Crippen LogP contribution in [0.5, 0.6) is 5.75 Å². The van der Waals surface area contributed by atoms with Gasteiger partial charge in [0.25, 0.3) is 0 Å². The van der Waals surface area contributed by atoms with E-state index in [1.54, 1.807) is 7.05 Å². The summed E-state index contributed by atoms with van der Waals surface area (Å²) in [5.74, 6) is 1.16. The number of nitrogen functional groups attached to an aromatic ring is 1. The average molecular weight is 245 g/mol. The first-order valence-electron chi connectivity index (χ1n) is 5.68. The van der Waals surface area contributed by atoms with E-state index in [2.05, 4.69) is 5.10 Å². The van der Waals surface area contributed by atoms with Crippen molar-refractivity contribution in [2.24, 2.45) is 7.05 Å². The summed E-state index contributed by atoms with van der Waals surface area (Å²) in [5.41, 5.74) is 7.62. The van der Waals surface area contributed by atoms with Crippen molar-refractivity contribution in [1.82, 2.24) is 9.78 Å². The van der Waals surface area contributed by atoms with E-state index in [-0.39, 0.29) is 0 Å². The molecular weight excluding hydrogens is 230 g/mol. The van der Waals surface area contributed by atoms with E-state index in [4.69, 9.17) is 10.5 Å². The Balaban J connectivity index is 2.42. The lowest BCUT2D eigenvalue weighted by Gasteiger charge is -2.03. The molecule has 2 aromatic rings. The number of carbonyl (C=O) groups excluding carboxylic acids is 1. The Morgan fingerprint density at radius 1 is 1.39 bits per heavy atom. The lowest BCUT2D eigenvalue weighted by Crippen LogP contribution is -1.98. The summed E-state index contributed by atoms with van der Waals surface area (Å²) >= 11 is 0. The second kappa shape index (κ2) is 4.91. The van der Waals surface area contributed by atoms with Crippen LogP contribution in [-0.4, -0.2) is 22.7 Å². The SMILES string of the molecule is CCOc1ccc(-c2nn(C)c(N)c2C=O)cc1. The number of carbonyl (C=O) groups is 1. The lowest BCUT2D eigenvalue weighted by molar-refractivity contribution is 0.112. The molecule has 0 bridgehead atoms. The molecule has 1 aromatic carbocycles. The largest absolute Gasteiger partial charge is 0.494 e. The summed E-state index contributed by atoms with van der Waals surface area (Å²) in [6.45, 7) is 2.55. The summed E-state index contributed by atoms with van der Waals surface area (Å²) in [5, 5.41) is 4.25. The van der Waals surface area contributed by atoms with Crippen LogP contribution in [0.3, 0.4) is 0 Å². The van der Waals surface area contributed by atoms with Gasteiger partial charge >= 0.3 is 0 Å². The number of benzene rings is 1. The first kappa shape index (κ1) is 12.2. The van der Waals surface area contributed by atoms with Crippen LogP contribution in [0.1, 0.15) is 17.3 Å². The van der Waals surface area contributed by atoms with Crippen LogP contribution in [0.4, 0.5) is 5.82 Å². The molecule has 5 heteroatoms. The van der Waals surface area contributed by atoms with Crippen molar-refractivity contribution in [3.63, 3.8) is 0 Å². The normalized spacial score (nSPS) is 10.3. The molecule has 2 N–H and O–H groups in total. The maximum Gasteiger partial charge on any atom is 0.156 e. The van der Waals surface area contributed by atoms with Gasteiger partial charge in [-0.2, -0.15) is 5.10 Å². The number of aldehydes is 1. The molecule has 0 atom stereocenters. The number of hydrogen-bond acceptors (Lipinski definition) is 4. The Kier molecular flexibility index (Phi) is 3.32. The molecule has 0 saturated heterocycles. The summed E-state index contributed by atoms with van der Waals surface area (Å²) in [4.78, 5) is 11.0. The number of ether oxygens (including phenoxy) is 1. The minimum absolute atomic E-state index is 0.369. The van der Waals surface area contributed by atoms with Crippen molar-refractivity contribution < 1.29 is 9.53 Å². The summed E-state index contributed by atoms with van der Waals surface area (Å²) < 4.78 is 6.86. The molecule has 0 fully saturated rings. The molecule has 0 aliphatic heterocycles. The molecule has 0 radical (unpaired) electrons. The summed E-state index contributed by atoms with van der Waals surface area (Å²) in [6, 6.07) is 7.41. The van der Waals surface area contributed by atoms with E-state index in [1.807, 2.05) is 31.2 Å². The minimum Gasteiger partial charge on any atom is -0.494 e. The zero-order valence-corrected chi connectivity index (χ0v) is 10.4. The number of aryl methyl sites for hydroxylation is 1. The van der Waals surface area contributed by atoms with Crippen molar-refractivity contribution in [1.29, 1.82) is 0 Å². The van der Waals surface area contributed by atoms with Crippen LogP contribution in [-0.2, 0) is 7.05 Å². The number of rotatable bonds is 4. The molecule has 5 nitrogen and oxygen atoms in total. The maximum atomic E-state index is 11.0. The maximum absolute atomic E-state index is 11.0. The van der Waals surface area contributed by atoms with Gasteiger partial charge in [-0.05, 0) is 31.2 Å². The number of anilines is 1. The number of aromatic nitrogens is 2. The number of hydrogen-bond donors (Lipinski definition) is 1. The molecule has 0 aliphatic rings. The van der Waals surface area contributed by atoms with Crippen molar-refractivity contribution in [2.45, 2.75) is 6.92 Å². The Hall–Kier alpha value is -2.30. The highest BCUT2D eigenvalue weighted by molar-refractivity contribution is 5.91. The minimum atomic E-state index is 0.369. The first-order valence-corrected chi connectivity index (χ1v) is 5.68. The predicted octanol–water partition coefficient (Wildman–Crippen LogP) is 1.88. The first-order chi connectivity index (χ1) is 8.67. The Bertz CT molecular complexity index is 558. The molecule has 0 aliphatic carbocycles. The molecule has 0 saturated carbocycles. The number of nitrogens with two attached hydrogens (primary N) is 1. The van der Waals surface area contributed by atoms with E-state index in [1.165, 1.54) is 4.68 Å².